The van der Waals surface area contributed by atoms with Crippen molar-refractivity contribution in [3.05, 3.63) is 115 Å². The average molecular weight is 932 g/mol. The molecule has 0 fully saturated rings. The van der Waals surface area contributed by atoms with Crippen LogP contribution in [0.1, 0.15) is 88.5 Å². The van der Waals surface area contributed by atoms with Crippen molar-refractivity contribution in [1.29, 1.82) is 0 Å². The summed E-state index contributed by atoms with van der Waals surface area (Å²) in [5.41, 5.74) is -1.83. The number of phenolic OH excluding ortho intramolecular Hbond substituents is 1. The Balaban J connectivity index is 0.000000432. The number of ether oxygens (including phenoxy) is 3. The predicted octanol–water partition coefficient (Wildman–Crippen LogP) is 10.5. The molecule has 354 valence electrons. The van der Waals surface area contributed by atoms with Crippen LogP contribution < -0.4 is 4.74 Å². The van der Waals surface area contributed by atoms with E-state index in [1.165, 1.54) is 40.7 Å². The molecule has 0 saturated carbocycles. The van der Waals surface area contributed by atoms with Crippen molar-refractivity contribution in [1.82, 2.24) is 4.90 Å². The second-order valence-corrected chi connectivity index (χ2v) is 20.3. The molecule has 1 atom stereocenters. The Morgan fingerprint density at radius 1 is 0.656 bits per heavy atom. The van der Waals surface area contributed by atoms with Gasteiger partial charge in [-0.05, 0) is 142 Å². The number of aromatic hydroxyl groups is 1. The number of carbonyl (C=O) groups excluding carboxylic acids is 3. The molecule has 1 unspecified atom stereocenters. The maximum atomic E-state index is 13.0. The molecule has 0 heterocycles. The zero-order chi connectivity index (χ0) is 48.9. The minimum Gasteiger partial charge on any atom is -0.743 e. The number of hydrogen-bond acceptors (Lipinski definition) is 11. The number of phenols is 1. The number of esters is 3. The molecule has 0 aromatic heterocycles. The van der Waals surface area contributed by atoms with Crippen LogP contribution in [0.5, 0.6) is 11.5 Å². The van der Waals surface area contributed by atoms with Gasteiger partial charge in [0.1, 0.15) is 18.1 Å². The number of nitrogens with zero attached hydrogens (tertiary/aromatic N) is 1. The highest BCUT2D eigenvalue weighted by Gasteiger charge is 2.47. The third kappa shape index (κ3) is 19.1. The molecule has 15 heteroatoms. The van der Waals surface area contributed by atoms with Gasteiger partial charge in [0.25, 0.3) is 0 Å². The number of likely N-dealkylation sites (N-methyl/N-ethyl adjacent to an activating group) is 1. The van der Waals surface area contributed by atoms with Gasteiger partial charge in [-0.25, -0.2) is 8.42 Å². The quantitative estimate of drug-likeness (QED) is 0.0493. The van der Waals surface area contributed by atoms with Crippen molar-refractivity contribution in [2.24, 2.45) is 16.2 Å². The molecule has 0 bridgehead atoms. The predicted molar refractivity (Wildman–Crippen MR) is 247 cm³/mol. The highest BCUT2D eigenvalue weighted by atomic mass is 32.2. The molecule has 0 spiro atoms. The van der Waals surface area contributed by atoms with Gasteiger partial charge in [-0.1, -0.05) is 75.4 Å². The Hall–Kier alpha value is -4.83. The molecule has 11 nitrogen and oxygen atoms in total. The Kier molecular flexibility index (Phi) is 23.4. The SMILES string of the molecule is CCC(C)(C)C(=O)OC(C)C(F)(F)S(=O)(=O)[O-].CCC(C)(C)C(=O)OCCN(C)C.CCC(C)(C)C(=O)Oc1ccc(O)cc1.c1ccc([S+](c2ccccc2)c2ccccc2)cc1. The van der Waals surface area contributed by atoms with Gasteiger partial charge in [0.05, 0.1) is 27.1 Å². The lowest BCUT2D eigenvalue weighted by atomic mass is 9.90. The van der Waals surface area contributed by atoms with Crippen LogP contribution in [0.25, 0.3) is 0 Å². The molecule has 0 aliphatic rings. The van der Waals surface area contributed by atoms with E-state index in [2.05, 4.69) is 95.7 Å². The third-order valence-corrected chi connectivity index (χ3v) is 13.4. The van der Waals surface area contributed by atoms with Crippen LogP contribution in [0.15, 0.2) is 130 Å². The van der Waals surface area contributed by atoms with Gasteiger partial charge in [-0.15, -0.1) is 0 Å². The van der Waals surface area contributed by atoms with E-state index in [4.69, 9.17) is 14.6 Å². The Bertz CT molecular complexity index is 2010. The summed E-state index contributed by atoms with van der Waals surface area (Å²) in [6.07, 6.45) is -0.449. The summed E-state index contributed by atoms with van der Waals surface area (Å²) in [7, 11) is -1.96. The van der Waals surface area contributed by atoms with E-state index in [1.54, 1.807) is 19.1 Å². The summed E-state index contributed by atoms with van der Waals surface area (Å²) in [4.78, 5) is 40.6. The fraction of sp³-hybridized carbons (Fsp3) is 0.449. The van der Waals surface area contributed by atoms with E-state index < -0.39 is 38.3 Å². The molecular weight excluding hydrogens is 865 g/mol. The molecular formula is C49H67F2NO10S2. The van der Waals surface area contributed by atoms with Crippen LogP contribution in [0.4, 0.5) is 8.78 Å². The summed E-state index contributed by atoms with van der Waals surface area (Å²) in [5, 5.41) is 4.42. The molecule has 0 amide bonds. The third-order valence-electron chi connectivity index (χ3n) is 10.2. The number of carbonyl (C=O) groups is 3. The number of hydrogen-bond donors (Lipinski definition) is 1. The smallest absolute Gasteiger partial charge is 0.369 e. The highest BCUT2D eigenvalue weighted by molar-refractivity contribution is 7.97. The maximum absolute atomic E-state index is 13.0. The van der Waals surface area contributed by atoms with E-state index in [0.29, 0.717) is 25.7 Å². The number of rotatable bonds is 16. The molecule has 4 aromatic rings. The lowest BCUT2D eigenvalue weighted by Gasteiger charge is -2.29. The van der Waals surface area contributed by atoms with Crippen molar-refractivity contribution < 1.29 is 55.5 Å². The molecule has 1 N–H and O–H groups in total. The van der Waals surface area contributed by atoms with Crippen molar-refractivity contribution in [3.63, 3.8) is 0 Å². The summed E-state index contributed by atoms with van der Waals surface area (Å²) in [6.45, 7) is 17.9. The monoisotopic (exact) mass is 931 g/mol. The second kappa shape index (κ2) is 26.2. The van der Waals surface area contributed by atoms with Crippen LogP contribution in [0.2, 0.25) is 0 Å². The average Bonchev–Trinajstić information content (AvgIpc) is 3.25. The summed E-state index contributed by atoms with van der Waals surface area (Å²) in [5.74, 6) is -0.716. The first kappa shape index (κ1) is 57.2. The van der Waals surface area contributed by atoms with Gasteiger partial charge in [-0.3, -0.25) is 14.4 Å². The highest BCUT2D eigenvalue weighted by Crippen LogP contribution is 2.32. The largest absolute Gasteiger partial charge is 0.743 e. The zero-order valence-corrected chi connectivity index (χ0v) is 40.9. The van der Waals surface area contributed by atoms with Gasteiger partial charge < -0.3 is 28.8 Å². The number of benzene rings is 4. The van der Waals surface area contributed by atoms with Crippen LogP contribution in [0.3, 0.4) is 0 Å². The molecule has 64 heavy (non-hydrogen) atoms. The van der Waals surface area contributed by atoms with E-state index in [1.807, 2.05) is 60.5 Å². The van der Waals surface area contributed by atoms with Gasteiger partial charge in [0.2, 0.25) is 0 Å². The molecule has 4 rings (SSSR count). The van der Waals surface area contributed by atoms with Crippen molar-refractivity contribution in [3.8, 4) is 11.5 Å². The molecule has 4 aromatic carbocycles. The van der Waals surface area contributed by atoms with Crippen LogP contribution in [-0.2, 0) is 44.9 Å². The minimum atomic E-state index is -5.86. The minimum absolute atomic E-state index is 0.0146. The summed E-state index contributed by atoms with van der Waals surface area (Å²) >= 11 is 0. The van der Waals surface area contributed by atoms with Gasteiger partial charge in [0.15, 0.2) is 30.9 Å². The Morgan fingerprint density at radius 3 is 1.36 bits per heavy atom. The van der Waals surface area contributed by atoms with E-state index >= 15 is 0 Å². The first-order valence-electron chi connectivity index (χ1n) is 20.9. The van der Waals surface area contributed by atoms with Gasteiger partial charge >= 0.3 is 23.2 Å². The Labute approximate surface area is 382 Å². The van der Waals surface area contributed by atoms with E-state index in [9.17, 15) is 36.1 Å². The number of alkyl halides is 2. The first-order chi connectivity index (χ1) is 29.7. The fourth-order valence-corrected chi connectivity index (χ4v) is 6.94. The summed E-state index contributed by atoms with van der Waals surface area (Å²) in [6, 6.07) is 38.3. The van der Waals surface area contributed by atoms with Crippen molar-refractivity contribution in [2.45, 2.75) is 115 Å². The van der Waals surface area contributed by atoms with Gasteiger partial charge in [-0.2, -0.15) is 8.78 Å². The van der Waals surface area contributed by atoms with Crippen LogP contribution in [0, 0.1) is 16.2 Å². The second-order valence-electron chi connectivity index (χ2n) is 16.8. The molecule has 0 radical (unpaired) electrons. The standard InChI is InChI=1S/C18H15S.C12H16O3.C10H21NO2.C9H16F2O5S/c1-4-10-16(11-5-1)19(17-12-6-2-7-13-17)18-14-8-3-9-15-18;1-4-12(2,3)11(14)15-10-7-5-9(13)6-8-10;1-6-10(2,3)9(12)13-8-7-11(4)5;1-5-8(3,4)7(12)16-6(2)9(10,11)17(13,14)15/h1-15H;5-8,13H,4H2,1-3H3;6-8H2,1-5H3;6H,5H2,1-4H3,(H,13,14,15)/q+1;;;/p-1. The van der Waals surface area contributed by atoms with Crippen LogP contribution in [-0.4, -0.2) is 79.5 Å². The van der Waals surface area contributed by atoms with Crippen LogP contribution >= 0.6 is 0 Å². The normalized spacial score (nSPS) is 12.3. The first-order valence-corrected chi connectivity index (χ1v) is 23.6. The molecule has 0 aliphatic carbocycles. The lowest BCUT2D eigenvalue weighted by Crippen LogP contribution is -2.44. The maximum Gasteiger partial charge on any atom is 0.369 e. The number of halogens is 2. The van der Waals surface area contributed by atoms with E-state index in [0.717, 1.165) is 19.4 Å². The summed E-state index contributed by atoms with van der Waals surface area (Å²) < 4.78 is 71.5. The lowest BCUT2D eigenvalue weighted by molar-refractivity contribution is -0.170. The Morgan fingerprint density at radius 2 is 1.02 bits per heavy atom. The fourth-order valence-electron chi connectivity index (χ4n) is 4.38. The molecule has 0 aliphatic heterocycles. The van der Waals surface area contributed by atoms with Crippen molar-refractivity contribution in [2.75, 3.05) is 27.2 Å². The molecule has 0 saturated heterocycles. The van der Waals surface area contributed by atoms with E-state index in [-0.39, 0.29) is 34.0 Å². The van der Waals surface area contributed by atoms with Crippen molar-refractivity contribution >= 4 is 38.9 Å². The van der Waals surface area contributed by atoms with Gasteiger partial charge in [0, 0.05) is 6.54 Å². The topological polar surface area (TPSA) is 160 Å². The zero-order valence-electron chi connectivity index (χ0n) is 39.2.